The third-order valence-corrected chi connectivity index (χ3v) is 3.12. The van der Waals surface area contributed by atoms with Crippen LogP contribution in [0, 0.1) is 11.7 Å². The summed E-state index contributed by atoms with van der Waals surface area (Å²) >= 11 is 3.33. The van der Waals surface area contributed by atoms with E-state index < -0.39 is 0 Å². The van der Waals surface area contributed by atoms with Crippen molar-refractivity contribution < 1.29 is 4.39 Å². The van der Waals surface area contributed by atoms with Crippen LogP contribution in [0.15, 0.2) is 18.2 Å². The first-order valence-electron chi connectivity index (χ1n) is 5.67. The van der Waals surface area contributed by atoms with Crippen LogP contribution in [0.2, 0.25) is 0 Å². The standard InChI is InChI=1S/C13H19BrFN/c1-4-16(9-10(2)3)13-6-5-11(8-14)7-12(13)15/h5-7,10H,4,8-9H2,1-3H3. The van der Waals surface area contributed by atoms with Crippen LogP contribution in [0.1, 0.15) is 26.3 Å². The SMILES string of the molecule is CCN(CC(C)C)c1ccc(CBr)cc1F. The Morgan fingerprint density at radius 2 is 2.06 bits per heavy atom. The zero-order valence-corrected chi connectivity index (χ0v) is 11.7. The first kappa shape index (κ1) is 13.5. The van der Waals surface area contributed by atoms with Gasteiger partial charge in [0.2, 0.25) is 0 Å². The smallest absolute Gasteiger partial charge is 0.146 e. The largest absolute Gasteiger partial charge is 0.369 e. The molecular formula is C13H19BrFN. The van der Waals surface area contributed by atoms with Gasteiger partial charge in [-0.3, -0.25) is 0 Å². The first-order valence-corrected chi connectivity index (χ1v) is 6.80. The molecule has 16 heavy (non-hydrogen) atoms. The molecule has 0 radical (unpaired) electrons. The number of alkyl halides is 1. The monoisotopic (exact) mass is 287 g/mol. The molecular weight excluding hydrogens is 269 g/mol. The number of hydrogen-bond donors (Lipinski definition) is 0. The van der Waals surface area contributed by atoms with E-state index in [-0.39, 0.29) is 5.82 Å². The Kier molecular flexibility index (Phi) is 5.26. The molecule has 0 aliphatic rings. The van der Waals surface area contributed by atoms with Gasteiger partial charge in [-0.25, -0.2) is 4.39 Å². The van der Waals surface area contributed by atoms with Crippen molar-refractivity contribution in [3.8, 4) is 0 Å². The summed E-state index contributed by atoms with van der Waals surface area (Å²) in [5, 5.41) is 0.695. The van der Waals surface area contributed by atoms with Gasteiger partial charge in [0, 0.05) is 18.4 Å². The van der Waals surface area contributed by atoms with E-state index in [1.807, 2.05) is 12.1 Å². The van der Waals surface area contributed by atoms with Gasteiger partial charge < -0.3 is 4.90 Å². The fourth-order valence-electron chi connectivity index (χ4n) is 1.73. The van der Waals surface area contributed by atoms with Crippen molar-refractivity contribution in [1.82, 2.24) is 0 Å². The molecule has 0 aliphatic heterocycles. The Balaban J connectivity index is 2.92. The summed E-state index contributed by atoms with van der Waals surface area (Å²) in [6.45, 7) is 8.07. The number of anilines is 1. The van der Waals surface area contributed by atoms with E-state index in [4.69, 9.17) is 0 Å². The third-order valence-electron chi connectivity index (χ3n) is 2.47. The second-order valence-electron chi connectivity index (χ2n) is 4.35. The van der Waals surface area contributed by atoms with Crippen molar-refractivity contribution in [2.45, 2.75) is 26.1 Å². The van der Waals surface area contributed by atoms with Crippen LogP contribution in [-0.2, 0) is 5.33 Å². The highest BCUT2D eigenvalue weighted by Crippen LogP contribution is 2.22. The highest BCUT2D eigenvalue weighted by molar-refractivity contribution is 9.08. The van der Waals surface area contributed by atoms with E-state index in [1.54, 1.807) is 6.07 Å². The average molecular weight is 288 g/mol. The molecule has 0 aliphatic carbocycles. The zero-order valence-electron chi connectivity index (χ0n) is 10.1. The lowest BCUT2D eigenvalue weighted by Crippen LogP contribution is -2.28. The van der Waals surface area contributed by atoms with E-state index in [2.05, 4.69) is 41.6 Å². The van der Waals surface area contributed by atoms with Crippen LogP contribution >= 0.6 is 15.9 Å². The molecule has 0 saturated carbocycles. The molecule has 0 spiro atoms. The van der Waals surface area contributed by atoms with Gasteiger partial charge in [0.05, 0.1) is 5.69 Å². The van der Waals surface area contributed by atoms with Crippen LogP contribution in [0.5, 0.6) is 0 Å². The molecule has 1 rings (SSSR count). The number of rotatable bonds is 5. The van der Waals surface area contributed by atoms with E-state index in [0.717, 1.165) is 18.7 Å². The minimum absolute atomic E-state index is 0.126. The number of halogens is 2. The quantitative estimate of drug-likeness (QED) is 0.734. The molecule has 90 valence electrons. The van der Waals surface area contributed by atoms with E-state index >= 15 is 0 Å². The summed E-state index contributed by atoms with van der Waals surface area (Å²) in [4.78, 5) is 2.08. The maximum atomic E-state index is 13.9. The molecule has 1 nitrogen and oxygen atoms in total. The topological polar surface area (TPSA) is 3.24 Å². The summed E-state index contributed by atoms with van der Waals surface area (Å²) < 4.78 is 13.9. The van der Waals surface area contributed by atoms with E-state index in [0.29, 0.717) is 16.9 Å². The predicted molar refractivity (Wildman–Crippen MR) is 71.8 cm³/mol. The van der Waals surface area contributed by atoms with Gasteiger partial charge in [-0.2, -0.15) is 0 Å². The molecule has 0 aromatic heterocycles. The molecule has 0 saturated heterocycles. The van der Waals surface area contributed by atoms with Crippen molar-refractivity contribution in [2.75, 3.05) is 18.0 Å². The summed E-state index contributed by atoms with van der Waals surface area (Å²) in [5.41, 5.74) is 1.68. The fraction of sp³-hybridized carbons (Fsp3) is 0.538. The predicted octanol–water partition coefficient (Wildman–Crippen LogP) is 4.20. The highest BCUT2D eigenvalue weighted by Gasteiger charge is 2.11. The molecule has 0 N–H and O–H groups in total. The number of benzene rings is 1. The zero-order chi connectivity index (χ0) is 12.1. The van der Waals surface area contributed by atoms with Gasteiger partial charge in [-0.15, -0.1) is 0 Å². The Labute approximate surface area is 106 Å². The third kappa shape index (κ3) is 3.48. The molecule has 0 amide bonds. The summed E-state index contributed by atoms with van der Waals surface area (Å²) in [6.07, 6.45) is 0. The molecule has 3 heteroatoms. The second-order valence-corrected chi connectivity index (χ2v) is 4.91. The summed E-state index contributed by atoms with van der Waals surface area (Å²) in [6, 6.07) is 5.45. The lowest BCUT2D eigenvalue weighted by molar-refractivity contribution is 0.586. The summed E-state index contributed by atoms with van der Waals surface area (Å²) in [7, 11) is 0. The van der Waals surface area contributed by atoms with E-state index in [9.17, 15) is 4.39 Å². The van der Waals surface area contributed by atoms with Crippen molar-refractivity contribution in [2.24, 2.45) is 5.92 Å². The van der Waals surface area contributed by atoms with Crippen LogP contribution in [0.25, 0.3) is 0 Å². The second kappa shape index (κ2) is 6.24. The normalized spacial score (nSPS) is 10.9. The van der Waals surface area contributed by atoms with Gasteiger partial charge >= 0.3 is 0 Å². The van der Waals surface area contributed by atoms with Gasteiger partial charge in [0.15, 0.2) is 0 Å². The van der Waals surface area contributed by atoms with Crippen molar-refractivity contribution in [1.29, 1.82) is 0 Å². The number of hydrogen-bond acceptors (Lipinski definition) is 1. The molecule has 0 atom stereocenters. The van der Waals surface area contributed by atoms with Crippen LogP contribution in [0.4, 0.5) is 10.1 Å². The first-order chi connectivity index (χ1) is 7.58. The average Bonchev–Trinajstić information content (AvgIpc) is 2.25. The highest BCUT2D eigenvalue weighted by atomic mass is 79.9. The Morgan fingerprint density at radius 3 is 2.50 bits per heavy atom. The lowest BCUT2D eigenvalue weighted by Gasteiger charge is -2.25. The molecule has 0 unspecified atom stereocenters. The Bertz CT molecular complexity index is 339. The molecule has 0 fully saturated rings. The maximum absolute atomic E-state index is 13.9. The summed E-state index contributed by atoms with van der Waals surface area (Å²) in [5.74, 6) is 0.412. The maximum Gasteiger partial charge on any atom is 0.146 e. The van der Waals surface area contributed by atoms with Crippen LogP contribution < -0.4 is 4.90 Å². The van der Waals surface area contributed by atoms with Crippen LogP contribution in [-0.4, -0.2) is 13.1 Å². The van der Waals surface area contributed by atoms with Gasteiger partial charge in [-0.05, 0) is 30.5 Å². The van der Waals surface area contributed by atoms with E-state index in [1.165, 1.54) is 0 Å². The molecule has 1 aromatic carbocycles. The Morgan fingerprint density at radius 1 is 1.38 bits per heavy atom. The molecule has 0 heterocycles. The number of nitrogens with zero attached hydrogens (tertiary/aromatic N) is 1. The minimum atomic E-state index is -0.126. The lowest BCUT2D eigenvalue weighted by atomic mass is 10.1. The van der Waals surface area contributed by atoms with Crippen molar-refractivity contribution >= 4 is 21.6 Å². The van der Waals surface area contributed by atoms with Crippen LogP contribution in [0.3, 0.4) is 0 Å². The van der Waals surface area contributed by atoms with Gasteiger partial charge in [0.25, 0.3) is 0 Å². The van der Waals surface area contributed by atoms with Crippen molar-refractivity contribution in [3.05, 3.63) is 29.6 Å². The minimum Gasteiger partial charge on any atom is -0.369 e. The fourth-order valence-corrected chi connectivity index (χ4v) is 2.08. The van der Waals surface area contributed by atoms with Gasteiger partial charge in [0.1, 0.15) is 5.82 Å². The molecule has 0 bridgehead atoms. The van der Waals surface area contributed by atoms with Gasteiger partial charge in [-0.1, -0.05) is 35.8 Å². The van der Waals surface area contributed by atoms with Crippen molar-refractivity contribution in [3.63, 3.8) is 0 Å². The Hall–Kier alpha value is -0.570. The molecule has 1 aromatic rings.